The van der Waals surface area contributed by atoms with Gasteiger partial charge in [0.15, 0.2) is 5.69 Å². The first kappa shape index (κ1) is 16.1. The van der Waals surface area contributed by atoms with Crippen molar-refractivity contribution in [3.63, 3.8) is 0 Å². The zero-order valence-electron chi connectivity index (χ0n) is 14.4. The van der Waals surface area contributed by atoms with Crippen molar-refractivity contribution in [3.8, 4) is 0 Å². The number of amides is 1. The fourth-order valence-electron chi connectivity index (χ4n) is 2.86. The number of fused-ring (bicyclic) bond motifs is 1. The second-order valence-electron chi connectivity index (χ2n) is 6.22. The van der Waals surface area contributed by atoms with Gasteiger partial charge in [-0.05, 0) is 25.1 Å². The second kappa shape index (κ2) is 6.47. The first-order chi connectivity index (χ1) is 12.6. The Morgan fingerprint density at radius 3 is 2.81 bits per heavy atom. The van der Waals surface area contributed by atoms with Gasteiger partial charge in [0, 0.05) is 24.0 Å². The number of hydrogen-bond acceptors (Lipinski definition) is 6. The topological polar surface area (TPSA) is 102 Å². The minimum Gasteiger partial charge on any atom is -0.383 e. The highest BCUT2D eigenvalue weighted by atomic mass is 16.2. The van der Waals surface area contributed by atoms with Gasteiger partial charge in [0.25, 0.3) is 5.91 Å². The van der Waals surface area contributed by atoms with Crippen LogP contribution < -0.4 is 16.0 Å². The summed E-state index contributed by atoms with van der Waals surface area (Å²) in [5.41, 5.74) is 8.83. The van der Waals surface area contributed by atoms with E-state index in [0.29, 0.717) is 37.1 Å². The molecule has 132 valence electrons. The van der Waals surface area contributed by atoms with Crippen molar-refractivity contribution in [2.75, 3.05) is 22.5 Å². The van der Waals surface area contributed by atoms with Crippen LogP contribution in [0.15, 0.2) is 42.6 Å². The van der Waals surface area contributed by atoms with Crippen LogP contribution in [-0.2, 0) is 13.1 Å². The van der Waals surface area contributed by atoms with E-state index in [1.807, 2.05) is 52.9 Å². The first-order valence-electron chi connectivity index (χ1n) is 8.37. The van der Waals surface area contributed by atoms with Gasteiger partial charge >= 0.3 is 0 Å². The van der Waals surface area contributed by atoms with Crippen molar-refractivity contribution in [3.05, 3.63) is 59.5 Å². The summed E-state index contributed by atoms with van der Waals surface area (Å²) in [4.78, 5) is 23.2. The number of rotatable bonds is 3. The van der Waals surface area contributed by atoms with E-state index in [2.05, 4.69) is 20.4 Å². The second-order valence-corrected chi connectivity index (χ2v) is 6.22. The minimum absolute atomic E-state index is 0.222. The summed E-state index contributed by atoms with van der Waals surface area (Å²) in [7, 11) is 0. The number of carbonyl (C=O) groups excluding carboxylic acids is 1. The number of anilines is 3. The number of hydrogen-bond donors (Lipinski definition) is 2. The Labute approximate surface area is 150 Å². The molecular weight excluding hydrogens is 330 g/mol. The van der Waals surface area contributed by atoms with E-state index in [4.69, 9.17) is 5.73 Å². The van der Waals surface area contributed by atoms with Gasteiger partial charge in [-0.15, -0.1) is 0 Å². The molecule has 0 bridgehead atoms. The molecule has 1 aromatic carbocycles. The molecule has 1 aliphatic heterocycles. The highest BCUT2D eigenvalue weighted by Gasteiger charge is 2.22. The summed E-state index contributed by atoms with van der Waals surface area (Å²) in [5, 5.41) is 7.27. The maximum atomic E-state index is 12.4. The molecule has 0 atom stereocenters. The summed E-state index contributed by atoms with van der Waals surface area (Å²) in [5.74, 6) is 0.855. The average Bonchev–Trinajstić information content (AvgIpc) is 3.08. The van der Waals surface area contributed by atoms with Gasteiger partial charge in [-0.3, -0.25) is 9.48 Å². The normalized spacial score (nSPS) is 13.3. The van der Waals surface area contributed by atoms with Crippen LogP contribution in [0.4, 0.5) is 17.5 Å². The highest BCUT2D eigenvalue weighted by Crippen LogP contribution is 2.20. The minimum atomic E-state index is -0.222. The van der Waals surface area contributed by atoms with Crippen LogP contribution in [0.3, 0.4) is 0 Å². The Hall–Kier alpha value is -3.42. The Bertz CT molecular complexity index is 951. The molecule has 0 saturated carbocycles. The fraction of sp³-hybridized carbons (Fsp3) is 0.222. The summed E-state index contributed by atoms with van der Waals surface area (Å²) < 4.78 is 1.86. The van der Waals surface area contributed by atoms with E-state index >= 15 is 0 Å². The third kappa shape index (κ3) is 3.08. The number of nitrogens with one attached hydrogen (secondary N) is 1. The lowest BCUT2D eigenvalue weighted by Crippen LogP contribution is -2.35. The van der Waals surface area contributed by atoms with Gasteiger partial charge in [0.05, 0.1) is 18.8 Å². The van der Waals surface area contributed by atoms with E-state index in [1.54, 1.807) is 6.20 Å². The van der Waals surface area contributed by atoms with Crippen molar-refractivity contribution in [2.24, 2.45) is 0 Å². The maximum absolute atomic E-state index is 12.4. The molecule has 0 saturated heterocycles. The number of carbonyl (C=O) groups is 1. The zero-order valence-corrected chi connectivity index (χ0v) is 14.4. The number of nitrogens with two attached hydrogens (primary N) is 1. The number of para-hydroxylation sites is 1. The number of nitrogen functional groups attached to an aromatic ring is 1. The number of aryl methyl sites for hydroxylation is 1. The third-order valence-corrected chi connectivity index (χ3v) is 4.34. The Morgan fingerprint density at radius 2 is 2.04 bits per heavy atom. The quantitative estimate of drug-likeness (QED) is 0.748. The van der Waals surface area contributed by atoms with Crippen LogP contribution in [0.5, 0.6) is 0 Å². The third-order valence-electron chi connectivity index (χ3n) is 4.34. The van der Waals surface area contributed by atoms with Crippen molar-refractivity contribution < 1.29 is 4.79 Å². The molecule has 0 radical (unpaired) electrons. The smallest absolute Gasteiger partial charge is 0.276 e. The van der Waals surface area contributed by atoms with E-state index in [9.17, 15) is 4.79 Å². The predicted octanol–water partition coefficient (Wildman–Crippen LogP) is 1.84. The first-order valence-corrected chi connectivity index (χ1v) is 8.37. The van der Waals surface area contributed by atoms with Crippen LogP contribution in [0.25, 0.3) is 0 Å². The molecule has 0 spiro atoms. The lowest BCUT2D eigenvalue weighted by molar-refractivity contribution is 0.102. The largest absolute Gasteiger partial charge is 0.383 e. The molecule has 2 aromatic heterocycles. The van der Waals surface area contributed by atoms with Crippen LogP contribution in [0.1, 0.15) is 21.7 Å². The molecule has 8 nitrogen and oxygen atoms in total. The molecule has 0 fully saturated rings. The number of benzene rings is 1. The molecule has 3 heterocycles. The van der Waals surface area contributed by atoms with Gasteiger partial charge in [-0.1, -0.05) is 18.2 Å². The van der Waals surface area contributed by atoms with Gasteiger partial charge in [-0.2, -0.15) is 10.1 Å². The standard InChI is InChI=1S/C18H19N7O/c1-12-10-20-18(22-16(12)19)24-7-8-25-14(11-24)9-15(23-25)17(26)21-13-5-3-2-4-6-13/h2-6,9-10H,7-8,11H2,1H3,(H,21,26)(H2,19,20,22). The number of nitrogens with zero attached hydrogens (tertiary/aromatic N) is 5. The molecule has 1 aliphatic rings. The van der Waals surface area contributed by atoms with Crippen molar-refractivity contribution in [1.82, 2.24) is 19.7 Å². The molecular formula is C18H19N7O. The maximum Gasteiger partial charge on any atom is 0.276 e. The van der Waals surface area contributed by atoms with Gasteiger partial charge in [0.2, 0.25) is 5.95 Å². The van der Waals surface area contributed by atoms with E-state index in [0.717, 1.165) is 16.9 Å². The number of aromatic nitrogens is 4. The lowest BCUT2D eigenvalue weighted by atomic mass is 10.2. The monoisotopic (exact) mass is 349 g/mol. The average molecular weight is 349 g/mol. The summed E-state index contributed by atoms with van der Waals surface area (Å²) in [6, 6.07) is 11.1. The Kier molecular flexibility index (Phi) is 4.00. The van der Waals surface area contributed by atoms with Crippen LogP contribution >= 0.6 is 0 Å². The molecule has 0 unspecified atom stereocenters. The molecule has 8 heteroatoms. The van der Waals surface area contributed by atoms with Gasteiger partial charge in [0.1, 0.15) is 5.82 Å². The molecule has 0 aliphatic carbocycles. The van der Waals surface area contributed by atoms with E-state index in [1.165, 1.54) is 0 Å². The van der Waals surface area contributed by atoms with Gasteiger partial charge in [-0.25, -0.2) is 4.98 Å². The fourth-order valence-corrected chi connectivity index (χ4v) is 2.86. The predicted molar refractivity (Wildman–Crippen MR) is 98.9 cm³/mol. The molecule has 1 amide bonds. The van der Waals surface area contributed by atoms with Crippen LogP contribution in [0, 0.1) is 6.92 Å². The summed E-state index contributed by atoms with van der Waals surface area (Å²) in [6.45, 7) is 3.82. The highest BCUT2D eigenvalue weighted by molar-refractivity contribution is 6.02. The van der Waals surface area contributed by atoms with E-state index < -0.39 is 0 Å². The van der Waals surface area contributed by atoms with Crippen molar-refractivity contribution in [1.29, 1.82) is 0 Å². The Balaban J connectivity index is 1.51. The molecule has 3 aromatic rings. The van der Waals surface area contributed by atoms with Crippen molar-refractivity contribution in [2.45, 2.75) is 20.0 Å². The Morgan fingerprint density at radius 1 is 1.23 bits per heavy atom. The summed E-state index contributed by atoms with van der Waals surface area (Å²) >= 11 is 0. The van der Waals surface area contributed by atoms with Gasteiger partial charge < -0.3 is 16.0 Å². The molecule has 26 heavy (non-hydrogen) atoms. The molecule has 4 rings (SSSR count). The SMILES string of the molecule is Cc1cnc(N2CCn3nc(C(=O)Nc4ccccc4)cc3C2)nc1N. The van der Waals surface area contributed by atoms with Crippen LogP contribution in [-0.4, -0.2) is 32.2 Å². The van der Waals surface area contributed by atoms with E-state index in [-0.39, 0.29) is 5.91 Å². The zero-order chi connectivity index (χ0) is 18.1. The van der Waals surface area contributed by atoms with Crippen molar-refractivity contribution >= 4 is 23.4 Å². The lowest BCUT2D eigenvalue weighted by Gasteiger charge is -2.27. The van der Waals surface area contributed by atoms with Crippen LogP contribution in [0.2, 0.25) is 0 Å². The molecule has 3 N–H and O–H groups in total. The summed E-state index contributed by atoms with van der Waals surface area (Å²) in [6.07, 6.45) is 1.72.